The molecule has 1 N–H and O–H groups in total. The summed E-state index contributed by atoms with van der Waals surface area (Å²) in [7, 11) is 0. The maximum atomic E-state index is 6.45. The minimum Gasteiger partial charge on any atom is -0.459 e. The lowest BCUT2D eigenvalue weighted by molar-refractivity contribution is 0.439. The number of anilines is 1. The van der Waals surface area contributed by atoms with Crippen LogP contribution in [0.25, 0.3) is 11.3 Å². The lowest BCUT2D eigenvalue weighted by Gasteiger charge is -2.26. The first-order valence-electron chi connectivity index (χ1n) is 12.3. The first-order chi connectivity index (χ1) is 18.5. The Hall–Kier alpha value is -3.94. The lowest BCUT2D eigenvalue weighted by Crippen LogP contribution is -2.29. The van der Waals surface area contributed by atoms with E-state index in [-0.39, 0.29) is 12.1 Å². The molecule has 38 heavy (non-hydrogen) atoms. The van der Waals surface area contributed by atoms with Crippen LogP contribution in [-0.4, -0.2) is 10.1 Å². The van der Waals surface area contributed by atoms with Gasteiger partial charge in [0.15, 0.2) is 5.11 Å². The van der Waals surface area contributed by atoms with Crippen LogP contribution in [0.5, 0.6) is 11.5 Å². The van der Waals surface area contributed by atoms with Crippen molar-refractivity contribution in [2.45, 2.75) is 19.0 Å². The van der Waals surface area contributed by atoms with Gasteiger partial charge in [0.2, 0.25) is 0 Å². The summed E-state index contributed by atoms with van der Waals surface area (Å²) < 4.78 is 13.5. The number of aromatic nitrogens is 1. The summed E-state index contributed by atoms with van der Waals surface area (Å²) in [5.74, 6) is 3.15. The molecule has 0 unspecified atom stereocenters. The zero-order chi connectivity index (χ0) is 26.1. The fourth-order valence-electron chi connectivity index (χ4n) is 4.62. The van der Waals surface area contributed by atoms with Crippen LogP contribution in [0.15, 0.2) is 118 Å². The minimum absolute atomic E-state index is 0.184. The number of thiocarbonyl (C=S) groups is 1. The van der Waals surface area contributed by atoms with E-state index in [4.69, 9.17) is 21.4 Å². The Bertz CT molecular complexity index is 1550. The highest BCUT2D eigenvalue weighted by Crippen LogP contribution is 2.43. The van der Waals surface area contributed by atoms with Crippen molar-refractivity contribution < 1.29 is 9.15 Å². The first kappa shape index (κ1) is 24.4. The molecule has 1 fully saturated rings. The number of hydrogen-bond acceptors (Lipinski definition) is 4. The van der Waals surface area contributed by atoms with Crippen LogP contribution in [0.3, 0.4) is 0 Å². The van der Waals surface area contributed by atoms with Crippen molar-refractivity contribution in [1.82, 2.24) is 10.3 Å². The number of aryl methyl sites for hydroxylation is 1. The number of ether oxygens (including phenoxy) is 1. The topological polar surface area (TPSA) is 50.5 Å². The van der Waals surface area contributed by atoms with E-state index >= 15 is 0 Å². The van der Waals surface area contributed by atoms with Gasteiger partial charge >= 0.3 is 0 Å². The van der Waals surface area contributed by atoms with Crippen LogP contribution in [0, 0.1) is 6.92 Å². The summed E-state index contributed by atoms with van der Waals surface area (Å²) in [4.78, 5) is 6.72. The number of nitrogens with one attached hydrogen (secondary N) is 1. The van der Waals surface area contributed by atoms with Gasteiger partial charge in [-0.1, -0.05) is 51.8 Å². The summed E-state index contributed by atoms with van der Waals surface area (Å²) in [5, 5.41) is 4.09. The Morgan fingerprint density at radius 2 is 1.58 bits per heavy atom. The summed E-state index contributed by atoms with van der Waals surface area (Å²) in [6, 6.07) is 33.6. The molecule has 5 aromatic rings. The Labute approximate surface area is 235 Å². The van der Waals surface area contributed by atoms with Gasteiger partial charge in [-0.05, 0) is 91.9 Å². The van der Waals surface area contributed by atoms with Gasteiger partial charge in [0, 0.05) is 21.9 Å². The van der Waals surface area contributed by atoms with Gasteiger partial charge in [-0.2, -0.15) is 0 Å². The predicted octanol–water partition coefficient (Wildman–Crippen LogP) is 8.38. The number of benzene rings is 3. The van der Waals surface area contributed by atoms with Crippen LogP contribution in [0.1, 0.15) is 29.1 Å². The van der Waals surface area contributed by atoms with Crippen LogP contribution >= 0.6 is 28.1 Å². The number of nitrogens with zero attached hydrogens (tertiary/aromatic N) is 2. The highest BCUT2D eigenvalue weighted by Gasteiger charge is 2.42. The molecule has 0 spiro atoms. The Morgan fingerprint density at radius 3 is 2.26 bits per heavy atom. The van der Waals surface area contributed by atoms with E-state index in [1.165, 1.54) is 5.56 Å². The maximum Gasteiger partial charge on any atom is 0.174 e. The quantitative estimate of drug-likeness (QED) is 0.203. The first-order valence-corrected chi connectivity index (χ1v) is 13.5. The fourth-order valence-corrected chi connectivity index (χ4v) is 5.23. The van der Waals surface area contributed by atoms with Crippen LogP contribution < -0.4 is 15.0 Å². The van der Waals surface area contributed by atoms with Crippen LogP contribution in [0.4, 0.5) is 5.69 Å². The summed E-state index contributed by atoms with van der Waals surface area (Å²) in [6.45, 7) is 2.06. The van der Waals surface area contributed by atoms with Crippen molar-refractivity contribution in [1.29, 1.82) is 0 Å². The lowest BCUT2D eigenvalue weighted by atomic mass is 10.0. The predicted molar refractivity (Wildman–Crippen MR) is 157 cm³/mol. The smallest absolute Gasteiger partial charge is 0.174 e. The second kappa shape index (κ2) is 10.4. The van der Waals surface area contributed by atoms with Gasteiger partial charge in [-0.3, -0.25) is 4.98 Å². The second-order valence-electron chi connectivity index (χ2n) is 9.11. The summed E-state index contributed by atoms with van der Waals surface area (Å²) in [6.07, 6.45) is 1.80. The van der Waals surface area contributed by atoms with Crippen molar-refractivity contribution in [3.63, 3.8) is 0 Å². The molecule has 0 amide bonds. The molecule has 2 atom stereocenters. The largest absolute Gasteiger partial charge is 0.459 e. The zero-order valence-corrected chi connectivity index (χ0v) is 22.9. The Balaban J connectivity index is 1.34. The van der Waals surface area contributed by atoms with Gasteiger partial charge in [0.05, 0.1) is 11.7 Å². The summed E-state index contributed by atoms with van der Waals surface area (Å²) in [5.41, 5.74) is 4.02. The highest BCUT2D eigenvalue weighted by molar-refractivity contribution is 9.10. The second-order valence-corrected chi connectivity index (χ2v) is 10.4. The molecule has 5 nitrogen and oxygen atoms in total. The fraction of sp³-hybridized carbons (Fsp3) is 0.0968. The van der Waals surface area contributed by atoms with E-state index in [0.717, 1.165) is 44.4 Å². The molecule has 1 aliphatic rings. The van der Waals surface area contributed by atoms with E-state index in [2.05, 4.69) is 38.1 Å². The standard InChI is InChI=1S/C31H24BrN3O2S/c1-20-5-13-24(14-6-20)36-25-15-11-23(12-16-25)35-30(29(34-31(35)38)26-4-2-3-19-33-26)28-18-17-27(37-28)21-7-9-22(32)10-8-21/h2-19,29-30H,1H3,(H,34,38)/t29-,30-/m0/s1. The number of hydrogen-bond donors (Lipinski definition) is 1. The van der Waals surface area contributed by atoms with Gasteiger partial charge in [0.25, 0.3) is 0 Å². The molecular formula is C31H24BrN3O2S. The van der Waals surface area contributed by atoms with E-state index in [1.807, 2.05) is 103 Å². The molecule has 2 aromatic heterocycles. The average Bonchev–Trinajstić information content (AvgIpc) is 3.56. The molecule has 7 heteroatoms. The maximum absolute atomic E-state index is 6.45. The molecule has 1 saturated heterocycles. The van der Waals surface area contributed by atoms with E-state index < -0.39 is 0 Å². The van der Waals surface area contributed by atoms with Crippen LogP contribution in [0.2, 0.25) is 0 Å². The van der Waals surface area contributed by atoms with Crippen molar-refractivity contribution >= 4 is 38.9 Å². The molecule has 0 bridgehead atoms. The average molecular weight is 583 g/mol. The molecule has 3 aromatic carbocycles. The number of halogens is 1. The molecule has 0 saturated carbocycles. The normalized spacial score (nSPS) is 16.9. The monoisotopic (exact) mass is 581 g/mol. The van der Waals surface area contributed by atoms with Crippen molar-refractivity contribution in [2.75, 3.05) is 4.90 Å². The number of rotatable bonds is 6. The molecule has 1 aliphatic heterocycles. The number of furan rings is 1. The SMILES string of the molecule is Cc1ccc(Oc2ccc(N3C(=S)N[C@@H](c4ccccn4)[C@@H]3c3ccc(-c4ccc(Br)cc4)o3)cc2)cc1. The Morgan fingerprint density at radius 1 is 0.868 bits per heavy atom. The van der Waals surface area contributed by atoms with Gasteiger partial charge < -0.3 is 19.4 Å². The molecule has 0 aliphatic carbocycles. The Kier molecular flexibility index (Phi) is 6.70. The molecule has 0 radical (unpaired) electrons. The third-order valence-electron chi connectivity index (χ3n) is 6.52. The highest BCUT2D eigenvalue weighted by atomic mass is 79.9. The third-order valence-corrected chi connectivity index (χ3v) is 7.36. The summed E-state index contributed by atoms with van der Waals surface area (Å²) >= 11 is 9.35. The van der Waals surface area contributed by atoms with Gasteiger partial charge in [0.1, 0.15) is 29.1 Å². The minimum atomic E-state index is -0.231. The molecule has 188 valence electrons. The van der Waals surface area contributed by atoms with Crippen molar-refractivity contribution in [3.05, 3.63) is 131 Å². The van der Waals surface area contributed by atoms with Crippen molar-refractivity contribution in [3.8, 4) is 22.8 Å². The van der Waals surface area contributed by atoms with E-state index in [1.54, 1.807) is 6.20 Å². The molecule has 3 heterocycles. The van der Waals surface area contributed by atoms with E-state index in [9.17, 15) is 0 Å². The van der Waals surface area contributed by atoms with Crippen molar-refractivity contribution in [2.24, 2.45) is 0 Å². The third kappa shape index (κ3) is 4.95. The van der Waals surface area contributed by atoms with Gasteiger partial charge in [-0.15, -0.1) is 0 Å². The number of pyridine rings is 1. The van der Waals surface area contributed by atoms with Crippen LogP contribution in [-0.2, 0) is 0 Å². The van der Waals surface area contributed by atoms with E-state index in [0.29, 0.717) is 5.11 Å². The van der Waals surface area contributed by atoms with Gasteiger partial charge in [-0.25, -0.2) is 0 Å². The zero-order valence-electron chi connectivity index (χ0n) is 20.5. The molecule has 6 rings (SSSR count). The molecular weight excluding hydrogens is 558 g/mol.